The van der Waals surface area contributed by atoms with Crippen LogP contribution in [-0.2, 0) is 12.7 Å². The van der Waals surface area contributed by atoms with E-state index < -0.39 is 29.6 Å². The van der Waals surface area contributed by atoms with Crippen molar-refractivity contribution in [3.8, 4) is 11.3 Å². The number of nitrogens with one attached hydrogen (secondary N) is 2. The third kappa shape index (κ3) is 5.86. The van der Waals surface area contributed by atoms with Crippen molar-refractivity contribution in [3.05, 3.63) is 40.8 Å². The Bertz CT molecular complexity index is 943. The maximum atomic E-state index is 14.1. The zero-order valence-electron chi connectivity index (χ0n) is 17.9. The summed E-state index contributed by atoms with van der Waals surface area (Å²) in [5, 5.41) is 19.7. The van der Waals surface area contributed by atoms with Crippen molar-refractivity contribution >= 4 is 5.91 Å². The highest BCUT2D eigenvalue weighted by Crippen LogP contribution is 2.35. The predicted molar refractivity (Wildman–Crippen MR) is 109 cm³/mol. The zero-order valence-corrected chi connectivity index (χ0v) is 17.9. The van der Waals surface area contributed by atoms with E-state index in [0.29, 0.717) is 36.9 Å². The lowest BCUT2D eigenvalue weighted by Crippen LogP contribution is -2.40. The van der Waals surface area contributed by atoms with E-state index in [4.69, 9.17) is 4.52 Å². The third-order valence-corrected chi connectivity index (χ3v) is 5.38. The maximum absolute atomic E-state index is 14.1. The van der Waals surface area contributed by atoms with Crippen LogP contribution in [0.5, 0.6) is 0 Å². The first-order valence-corrected chi connectivity index (χ1v) is 10.6. The van der Waals surface area contributed by atoms with Gasteiger partial charge >= 0.3 is 6.18 Å². The Labute approximate surface area is 183 Å². The van der Waals surface area contributed by atoms with E-state index in [9.17, 15) is 27.5 Å². The fourth-order valence-corrected chi connectivity index (χ4v) is 3.80. The number of halogens is 4. The minimum absolute atomic E-state index is 0.0170. The minimum Gasteiger partial charge on any atom is -0.393 e. The predicted octanol–water partition coefficient (Wildman–Crippen LogP) is 4.28. The molecule has 0 saturated heterocycles. The summed E-state index contributed by atoms with van der Waals surface area (Å²) in [5.74, 6) is -1.60. The molecule has 176 valence electrons. The molecular weight excluding hydrogens is 430 g/mol. The van der Waals surface area contributed by atoms with Crippen molar-refractivity contribution in [1.29, 1.82) is 0 Å². The van der Waals surface area contributed by atoms with Gasteiger partial charge in [-0.05, 0) is 50.3 Å². The molecule has 6 nitrogen and oxygen atoms in total. The van der Waals surface area contributed by atoms with Gasteiger partial charge in [-0.25, -0.2) is 4.39 Å². The summed E-state index contributed by atoms with van der Waals surface area (Å²) in [6, 6.07) is 2.25. The highest BCUT2D eigenvalue weighted by molar-refractivity contribution is 5.95. The number of rotatable bonds is 7. The molecule has 10 heteroatoms. The van der Waals surface area contributed by atoms with Gasteiger partial charge in [-0.3, -0.25) is 4.79 Å². The highest BCUT2D eigenvalue weighted by Gasteiger charge is 2.34. The monoisotopic (exact) mass is 457 g/mol. The minimum atomic E-state index is -4.82. The smallest absolute Gasteiger partial charge is 0.393 e. The van der Waals surface area contributed by atoms with Gasteiger partial charge in [0.1, 0.15) is 5.82 Å². The van der Waals surface area contributed by atoms with Gasteiger partial charge in [-0.1, -0.05) is 25.1 Å². The molecule has 1 fully saturated rings. The largest absolute Gasteiger partial charge is 0.419 e. The zero-order chi connectivity index (χ0) is 23.5. The standard InChI is InChI=1S/C22H27F4N3O3/c1-12(2)10-27-11-16-19(21(31)28-14-4-3-5-15(30)9-14)29-32-20(16)13-6-7-17(18(23)8-13)22(24,25)26/h6-8,12,14-15,27,30H,3-5,9-11H2,1-2H3,(H,28,31)/t14-,15+/m0/s1. The molecule has 1 heterocycles. The van der Waals surface area contributed by atoms with Gasteiger partial charge in [-0.2, -0.15) is 13.2 Å². The van der Waals surface area contributed by atoms with Gasteiger partial charge in [0.05, 0.1) is 11.7 Å². The Morgan fingerprint density at radius 3 is 2.69 bits per heavy atom. The van der Waals surface area contributed by atoms with E-state index in [-0.39, 0.29) is 29.6 Å². The van der Waals surface area contributed by atoms with Crippen LogP contribution in [0.4, 0.5) is 17.6 Å². The van der Waals surface area contributed by atoms with Gasteiger partial charge in [0.15, 0.2) is 11.5 Å². The van der Waals surface area contributed by atoms with Gasteiger partial charge in [-0.15, -0.1) is 0 Å². The molecule has 1 saturated carbocycles. The number of hydrogen-bond acceptors (Lipinski definition) is 5. The summed E-state index contributed by atoms with van der Waals surface area (Å²) < 4.78 is 58.2. The second kappa shape index (κ2) is 9.99. The van der Waals surface area contributed by atoms with Crippen LogP contribution in [0.1, 0.15) is 61.1 Å². The highest BCUT2D eigenvalue weighted by atomic mass is 19.4. The van der Waals surface area contributed by atoms with Gasteiger partial charge in [0.25, 0.3) is 5.91 Å². The Hall–Kier alpha value is -2.46. The first kappa shape index (κ1) is 24.2. The van der Waals surface area contributed by atoms with Crippen LogP contribution in [0, 0.1) is 11.7 Å². The van der Waals surface area contributed by atoms with Crippen molar-refractivity contribution in [2.45, 2.75) is 64.4 Å². The molecule has 3 N–H and O–H groups in total. The number of aliphatic hydroxyl groups is 1. The second-order valence-electron chi connectivity index (χ2n) is 8.55. The Morgan fingerprint density at radius 1 is 1.31 bits per heavy atom. The van der Waals surface area contributed by atoms with Gasteiger partial charge < -0.3 is 20.3 Å². The number of nitrogens with zero attached hydrogens (tertiary/aromatic N) is 1. The first-order chi connectivity index (χ1) is 15.1. The molecule has 0 spiro atoms. The van der Waals surface area contributed by atoms with E-state index in [1.165, 1.54) is 0 Å². The maximum Gasteiger partial charge on any atom is 0.419 e. The first-order valence-electron chi connectivity index (χ1n) is 10.6. The quantitative estimate of drug-likeness (QED) is 0.541. The van der Waals surface area contributed by atoms with Crippen LogP contribution >= 0.6 is 0 Å². The van der Waals surface area contributed by atoms with Crippen molar-refractivity contribution in [1.82, 2.24) is 15.8 Å². The molecule has 0 aliphatic heterocycles. The lowest BCUT2D eigenvalue weighted by Gasteiger charge is -2.26. The number of carbonyl (C=O) groups is 1. The van der Waals surface area contributed by atoms with Crippen LogP contribution < -0.4 is 10.6 Å². The van der Waals surface area contributed by atoms with Crippen LogP contribution in [0.15, 0.2) is 22.7 Å². The fourth-order valence-electron chi connectivity index (χ4n) is 3.80. The molecule has 2 atom stereocenters. The number of carbonyl (C=O) groups excluding carboxylic acids is 1. The van der Waals surface area contributed by atoms with Crippen LogP contribution in [-0.4, -0.2) is 34.9 Å². The summed E-state index contributed by atoms with van der Waals surface area (Å²) in [5.41, 5.74) is -1.01. The topological polar surface area (TPSA) is 87.4 Å². The van der Waals surface area contributed by atoms with Crippen molar-refractivity contribution in [3.63, 3.8) is 0 Å². The second-order valence-corrected chi connectivity index (χ2v) is 8.55. The molecule has 1 aromatic carbocycles. The average molecular weight is 457 g/mol. The molecule has 1 aliphatic rings. The number of aliphatic hydroxyl groups excluding tert-OH is 1. The summed E-state index contributed by atoms with van der Waals surface area (Å²) in [4.78, 5) is 12.9. The molecule has 1 amide bonds. The van der Waals surface area contributed by atoms with Crippen LogP contribution in [0.3, 0.4) is 0 Å². The number of hydrogen-bond donors (Lipinski definition) is 3. The summed E-state index contributed by atoms with van der Waals surface area (Å²) in [6.07, 6.45) is -2.68. The van der Waals surface area contributed by atoms with E-state index in [1.54, 1.807) is 0 Å². The SMILES string of the molecule is CC(C)CNCc1c(C(=O)N[C@H]2CCC[C@@H](O)C2)noc1-c1ccc(C(F)(F)F)c(F)c1. The lowest BCUT2D eigenvalue weighted by molar-refractivity contribution is -0.139. The average Bonchev–Trinajstić information content (AvgIpc) is 3.10. The van der Waals surface area contributed by atoms with E-state index in [2.05, 4.69) is 15.8 Å². The van der Waals surface area contributed by atoms with E-state index in [1.807, 2.05) is 13.8 Å². The molecule has 0 radical (unpaired) electrons. The number of alkyl halides is 3. The van der Waals surface area contributed by atoms with Crippen molar-refractivity contribution in [2.24, 2.45) is 5.92 Å². The Morgan fingerprint density at radius 2 is 2.06 bits per heavy atom. The molecule has 3 rings (SSSR count). The lowest BCUT2D eigenvalue weighted by atomic mass is 9.93. The van der Waals surface area contributed by atoms with Crippen LogP contribution in [0.25, 0.3) is 11.3 Å². The molecule has 32 heavy (non-hydrogen) atoms. The van der Waals surface area contributed by atoms with Gasteiger partial charge in [0, 0.05) is 23.7 Å². The Kier molecular flexibility index (Phi) is 7.55. The fraction of sp³-hybridized carbons (Fsp3) is 0.545. The Balaban J connectivity index is 1.90. The van der Waals surface area contributed by atoms with Crippen molar-refractivity contribution in [2.75, 3.05) is 6.54 Å². The molecular formula is C22H27F4N3O3. The number of benzene rings is 1. The van der Waals surface area contributed by atoms with Crippen LogP contribution in [0.2, 0.25) is 0 Å². The molecule has 1 aliphatic carbocycles. The summed E-state index contributed by atoms with van der Waals surface area (Å²) in [7, 11) is 0. The van der Waals surface area contributed by atoms with Gasteiger partial charge in [0.2, 0.25) is 0 Å². The third-order valence-electron chi connectivity index (χ3n) is 5.38. The number of amides is 1. The molecule has 0 unspecified atom stereocenters. The van der Waals surface area contributed by atoms with Crippen molar-refractivity contribution < 1.29 is 32.0 Å². The van der Waals surface area contributed by atoms with E-state index >= 15 is 0 Å². The van der Waals surface area contributed by atoms with E-state index in [0.717, 1.165) is 25.0 Å². The molecule has 0 bridgehead atoms. The molecule has 2 aromatic rings. The number of aromatic nitrogens is 1. The molecule has 1 aromatic heterocycles. The normalized spacial score (nSPS) is 19.4. The summed E-state index contributed by atoms with van der Waals surface area (Å²) in [6.45, 7) is 4.76. The summed E-state index contributed by atoms with van der Waals surface area (Å²) >= 11 is 0.